The molecule has 0 aliphatic rings. The molecule has 0 aliphatic carbocycles. The van der Waals surface area contributed by atoms with Crippen LogP contribution in [-0.2, 0) is 14.4 Å². The van der Waals surface area contributed by atoms with Crippen LogP contribution in [0.25, 0.3) is 0 Å². The van der Waals surface area contributed by atoms with Crippen molar-refractivity contribution in [1.29, 1.82) is 0 Å². The maximum atomic E-state index is 10.9. The van der Waals surface area contributed by atoms with Crippen molar-refractivity contribution in [2.75, 3.05) is 0 Å². The number of carbonyl (C=O) groups is 3. The van der Waals surface area contributed by atoms with Crippen molar-refractivity contribution in [2.45, 2.75) is 18.9 Å². The van der Waals surface area contributed by atoms with Crippen molar-refractivity contribution in [1.82, 2.24) is 5.32 Å². The van der Waals surface area contributed by atoms with Gasteiger partial charge in [-0.15, -0.1) is 0 Å². The van der Waals surface area contributed by atoms with E-state index in [9.17, 15) is 14.4 Å². The van der Waals surface area contributed by atoms with Gasteiger partial charge in [0.1, 0.15) is 6.04 Å². The highest BCUT2D eigenvalue weighted by Gasteiger charge is 2.13. The first-order valence-corrected chi connectivity index (χ1v) is 3.92. The van der Waals surface area contributed by atoms with Crippen molar-refractivity contribution in [3.8, 4) is 0 Å². The lowest BCUT2D eigenvalue weighted by atomic mass is 10.1. The standard InChI is InChI=1S/C8H12N2O4/c1-2-6(11)10-7(12)4-3-5(9)8(13)14/h2,5H,1,3-4,9H2,(H,13,14)(H,10,11,12)/t5-/m0/s1. The summed E-state index contributed by atoms with van der Waals surface area (Å²) in [5.41, 5.74) is 5.14. The summed E-state index contributed by atoms with van der Waals surface area (Å²) in [6.45, 7) is 3.15. The average molecular weight is 200 g/mol. The number of amides is 2. The highest BCUT2D eigenvalue weighted by Crippen LogP contribution is 1.94. The molecule has 0 aromatic rings. The van der Waals surface area contributed by atoms with Gasteiger partial charge in [-0.2, -0.15) is 0 Å². The maximum Gasteiger partial charge on any atom is 0.320 e. The van der Waals surface area contributed by atoms with Crippen molar-refractivity contribution >= 4 is 17.8 Å². The number of imide groups is 1. The molecule has 4 N–H and O–H groups in total. The Kier molecular flexibility index (Phi) is 5.16. The van der Waals surface area contributed by atoms with Crippen molar-refractivity contribution in [3.05, 3.63) is 12.7 Å². The van der Waals surface area contributed by atoms with Gasteiger partial charge < -0.3 is 10.8 Å². The van der Waals surface area contributed by atoms with Gasteiger partial charge in [0, 0.05) is 6.42 Å². The van der Waals surface area contributed by atoms with Crippen LogP contribution in [0, 0.1) is 0 Å². The Labute approximate surface area is 80.8 Å². The summed E-state index contributed by atoms with van der Waals surface area (Å²) in [5, 5.41) is 10.4. The van der Waals surface area contributed by atoms with Crippen LogP contribution in [0.5, 0.6) is 0 Å². The van der Waals surface area contributed by atoms with Gasteiger partial charge in [-0.25, -0.2) is 0 Å². The van der Waals surface area contributed by atoms with Crippen molar-refractivity contribution in [2.24, 2.45) is 5.73 Å². The second kappa shape index (κ2) is 5.87. The molecule has 0 saturated heterocycles. The van der Waals surface area contributed by atoms with E-state index in [4.69, 9.17) is 10.8 Å². The highest BCUT2D eigenvalue weighted by molar-refractivity contribution is 6.00. The van der Waals surface area contributed by atoms with Crippen LogP contribution < -0.4 is 11.1 Å². The Morgan fingerprint density at radius 3 is 2.50 bits per heavy atom. The van der Waals surface area contributed by atoms with Crippen LogP contribution in [0.3, 0.4) is 0 Å². The molecule has 0 fully saturated rings. The van der Waals surface area contributed by atoms with E-state index in [1.807, 2.05) is 5.32 Å². The van der Waals surface area contributed by atoms with Gasteiger partial charge in [-0.1, -0.05) is 6.58 Å². The third kappa shape index (κ3) is 5.04. The van der Waals surface area contributed by atoms with Crippen molar-refractivity contribution in [3.63, 3.8) is 0 Å². The Balaban J connectivity index is 3.80. The lowest BCUT2D eigenvalue weighted by Crippen LogP contribution is -2.34. The predicted octanol–water partition coefficient (Wildman–Crippen LogP) is -0.993. The summed E-state index contributed by atoms with van der Waals surface area (Å²) < 4.78 is 0. The van der Waals surface area contributed by atoms with Crippen LogP contribution >= 0.6 is 0 Å². The largest absolute Gasteiger partial charge is 0.480 e. The van der Waals surface area contributed by atoms with E-state index in [2.05, 4.69) is 6.58 Å². The predicted molar refractivity (Wildman–Crippen MR) is 48.2 cm³/mol. The third-order valence-corrected chi connectivity index (χ3v) is 1.45. The zero-order valence-electron chi connectivity index (χ0n) is 7.53. The van der Waals surface area contributed by atoms with E-state index < -0.39 is 23.8 Å². The Morgan fingerprint density at radius 2 is 2.07 bits per heavy atom. The normalized spacial score (nSPS) is 11.5. The molecule has 6 heteroatoms. The molecular formula is C8H12N2O4. The number of nitrogens with two attached hydrogens (primary N) is 1. The second-order valence-corrected chi connectivity index (χ2v) is 2.60. The molecule has 0 unspecified atom stereocenters. The van der Waals surface area contributed by atoms with E-state index >= 15 is 0 Å². The zero-order chi connectivity index (χ0) is 11.1. The Bertz CT molecular complexity index is 262. The molecule has 14 heavy (non-hydrogen) atoms. The molecule has 0 saturated carbocycles. The topological polar surface area (TPSA) is 109 Å². The molecule has 0 rings (SSSR count). The Morgan fingerprint density at radius 1 is 1.50 bits per heavy atom. The molecule has 0 aliphatic heterocycles. The van der Waals surface area contributed by atoms with E-state index in [-0.39, 0.29) is 12.8 Å². The van der Waals surface area contributed by atoms with Gasteiger partial charge in [0.2, 0.25) is 11.8 Å². The summed E-state index contributed by atoms with van der Waals surface area (Å²) in [4.78, 5) is 31.8. The number of aliphatic carboxylic acids is 1. The smallest absolute Gasteiger partial charge is 0.320 e. The van der Waals surface area contributed by atoms with Crippen LogP contribution in [0.15, 0.2) is 12.7 Å². The number of carboxylic acids is 1. The first kappa shape index (κ1) is 12.3. The minimum absolute atomic E-state index is 0.00834. The fourth-order valence-corrected chi connectivity index (χ4v) is 0.661. The summed E-state index contributed by atoms with van der Waals surface area (Å²) in [6.07, 6.45) is 0.841. The summed E-state index contributed by atoms with van der Waals surface area (Å²) >= 11 is 0. The quantitative estimate of drug-likeness (QED) is 0.493. The first-order chi connectivity index (χ1) is 6.47. The number of hydrogen-bond donors (Lipinski definition) is 3. The van der Waals surface area contributed by atoms with Crippen LogP contribution in [0.1, 0.15) is 12.8 Å². The SMILES string of the molecule is C=CC(=O)NC(=O)CC[C@H](N)C(=O)O. The lowest BCUT2D eigenvalue weighted by Gasteiger charge is -2.04. The molecule has 2 amide bonds. The fourth-order valence-electron chi connectivity index (χ4n) is 0.661. The Hall–Kier alpha value is -1.69. The highest BCUT2D eigenvalue weighted by atomic mass is 16.4. The fraction of sp³-hybridized carbons (Fsp3) is 0.375. The molecule has 0 aromatic carbocycles. The van der Waals surface area contributed by atoms with E-state index in [0.29, 0.717) is 0 Å². The van der Waals surface area contributed by atoms with E-state index in [0.717, 1.165) is 6.08 Å². The number of carbonyl (C=O) groups excluding carboxylic acids is 2. The summed E-state index contributed by atoms with van der Waals surface area (Å²) in [5.74, 6) is -2.35. The molecule has 0 spiro atoms. The van der Waals surface area contributed by atoms with Gasteiger partial charge in [0.25, 0.3) is 0 Å². The van der Waals surface area contributed by atoms with E-state index in [1.165, 1.54) is 0 Å². The minimum atomic E-state index is -1.17. The first-order valence-electron chi connectivity index (χ1n) is 3.92. The molecular weight excluding hydrogens is 188 g/mol. The number of rotatable bonds is 5. The molecule has 0 heterocycles. The van der Waals surface area contributed by atoms with Crippen LogP contribution in [-0.4, -0.2) is 28.9 Å². The number of hydrogen-bond acceptors (Lipinski definition) is 4. The summed E-state index contributed by atoms with van der Waals surface area (Å²) in [7, 11) is 0. The van der Waals surface area contributed by atoms with Crippen LogP contribution in [0.4, 0.5) is 0 Å². The molecule has 6 nitrogen and oxygen atoms in total. The molecule has 1 atom stereocenters. The van der Waals surface area contributed by atoms with Gasteiger partial charge >= 0.3 is 5.97 Å². The monoisotopic (exact) mass is 200 g/mol. The third-order valence-electron chi connectivity index (χ3n) is 1.45. The van der Waals surface area contributed by atoms with Crippen LogP contribution in [0.2, 0.25) is 0 Å². The number of carboxylic acid groups (broad SMARTS) is 1. The van der Waals surface area contributed by atoms with E-state index in [1.54, 1.807) is 0 Å². The van der Waals surface area contributed by atoms with Gasteiger partial charge in [-0.3, -0.25) is 19.7 Å². The maximum absolute atomic E-state index is 10.9. The number of nitrogens with one attached hydrogen (secondary N) is 1. The molecule has 78 valence electrons. The molecule has 0 bridgehead atoms. The van der Waals surface area contributed by atoms with Crippen molar-refractivity contribution < 1.29 is 19.5 Å². The average Bonchev–Trinajstić information content (AvgIpc) is 2.13. The minimum Gasteiger partial charge on any atom is -0.480 e. The zero-order valence-corrected chi connectivity index (χ0v) is 7.53. The molecule has 0 aromatic heterocycles. The lowest BCUT2D eigenvalue weighted by molar-refractivity contribution is -0.138. The molecule has 0 radical (unpaired) electrons. The van der Waals surface area contributed by atoms with Gasteiger partial charge in [-0.05, 0) is 12.5 Å². The van der Waals surface area contributed by atoms with Gasteiger partial charge in [0.05, 0.1) is 0 Å². The second-order valence-electron chi connectivity index (χ2n) is 2.60. The van der Waals surface area contributed by atoms with Gasteiger partial charge in [0.15, 0.2) is 0 Å². The summed E-state index contributed by atoms with van der Waals surface area (Å²) in [6, 6.07) is -1.08.